The van der Waals surface area contributed by atoms with Crippen molar-refractivity contribution < 1.29 is 0 Å². The van der Waals surface area contributed by atoms with Crippen LogP contribution >= 0.6 is 11.3 Å². The number of nitrogens with zero attached hydrogens (tertiary/aromatic N) is 4. The van der Waals surface area contributed by atoms with E-state index in [1.165, 1.54) is 23.0 Å². The van der Waals surface area contributed by atoms with Gasteiger partial charge in [-0.25, -0.2) is 14.8 Å². The van der Waals surface area contributed by atoms with Gasteiger partial charge in [0.1, 0.15) is 17.2 Å². The summed E-state index contributed by atoms with van der Waals surface area (Å²) in [5, 5.41) is 5.40. The average Bonchev–Trinajstić information content (AvgIpc) is 3.06. The van der Waals surface area contributed by atoms with Crippen LogP contribution in [0, 0.1) is 0 Å². The van der Waals surface area contributed by atoms with E-state index in [-0.39, 0.29) is 11.4 Å². The standard InChI is InChI=1S/C16H18N6O2S/c1-3-8-22-13(17)12(14(23)21(2)16(22)24)10-9-25-15(19-10)20-11-6-4-5-7-18-11/h4-7,9H,3,8,17H2,1-2H3,(H,18,19,20). The van der Waals surface area contributed by atoms with Crippen LogP contribution in [0.1, 0.15) is 13.3 Å². The summed E-state index contributed by atoms with van der Waals surface area (Å²) in [6.45, 7) is 2.38. The van der Waals surface area contributed by atoms with Crippen LogP contribution in [0.4, 0.5) is 16.8 Å². The monoisotopic (exact) mass is 358 g/mol. The molecule has 130 valence electrons. The van der Waals surface area contributed by atoms with E-state index in [0.717, 1.165) is 11.0 Å². The first kappa shape index (κ1) is 16.9. The molecular formula is C16H18N6O2S. The molecule has 3 N–H and O–H groups in total. The minimum Gasteiger partial charge on any atom is -0.384 e. The lowest BCUT2D eigenvalue weighted by Crippen LogP contribution is -2.40. The molecule has 0 aromatic carbocycles. The number of rotatable bonds is 5. The van der Waals surface area contributed by atoms with Gasteiger partial charge in [0.25, 0.3) is 5.56 Å². The molecule has 0 fully saturated rings. The van der Waals surface area contributed by atoms with Gasteiger partial charge < -0.3 is 11.1 Å². The molecular weight excluding hydrogens is 340 g/mol. The molecule has 0 aliphatic rings. The molecule has 3 heterocycles. The molecule has 0 saturated carbocycles. The lowest BCUT2D eigenvalue weighted by atomic mass is 10.2. The van der Waals surface area contributed by atoms with Gasteiger partial charge in [0.15, 0.2) is 5.13 Å². The van der Waals surface area contributed by atoms with E-state index in [2.05, 4.69) is 15.3 Å². The molecule has 25 heavy (non-hydrogen) atoms. The van der Waals surface area contributed by atoms with Gasteiger partial charge in [-0.2, -0.15) is 0 Å². The highest BCUT2D eigenvalue weighted by Gasteiger charge is 2.19. The molecule has 0 saturated heterocycles. The van der Waals surface area contributed by atoms with Gasteiger partial charge >= 0.3 is 5.69 Å². The van der Waals surface area contributed by atoms with Crippen LogP contribution in [-0.2, 0) is 13.6 Å². The SMILES string of the molecule is CCCn1c(N)c(-c2csc(Nc3ccccn3)n2)c(=O)n(C)c1=O. The van der Waals surface area contributed by atoms with Gasteiger partial charge in [0.05, 0.1) is 5.69 Å². The maximum absolute atomic E-state index is 12.5. The summed E-state index contributed by atoms with van der Waals surface area (Å²) in [6.07, 6.45) is 2.40. The molecule has 0 aliphatic heterocycles. The van der Waals surface area contributed by atoms with E-state index in [1.54, 1.807) is 11.6 Å². The van der Waals surface area contributed by atoms with Gasteiger partial charge in [-0.05, 0) is 18.6 Å². The van der Waals surface area contributed by atoms with Crippen LogP contribution in [-0.4, -0.2) is 19.1 Å². The smallest absolute Gasteiger partial charge is 0.332 e. The highest BCUT2D eigenvalue weighted by Crippen LogP contribution is 2.27. The Morgan fingerprint density at radius 2 is 2.12 bits per heavy atom. The zero-order valence-electron chi connectivity index (χ0n) is 13.9. The third-order valence-corrected chi connectivity index (χ3v) is 4.45. The second kappa shape index (κ2) is 6.89. The number of thiazole rings is 1. The molecule has 0 atom stereocenters. The summed E-state index contributed by atoms with van der Waals surface area (Å²) in [5.74, 6) is 0.796. The predicted molar refractivity (Wildman–Crippen MR) is 99.3 cm³/mol. The fourth-order valence-electron chi connectivity index (χ4n) is 2.46. The second-order valence-corrected chi connectivity index (χ2v) is 6.29. The highest BCUT2D eigenvalue weighted by molar-refractivity contribution is 7.14. The Bertz CT molecular complexity index is 1010. The zero-order chi connectivity index (χ0) is 18.0. The van der Waals surface area contributed by atoms with Crippen molar-refractivity contribution in [3.8, 4) is 11.3 Å². The van der Waals surface area contributed by atoms with E-state index in [4.69, 9.17) is 5.73 Å². The van der Waals surface area contributed by atoms with Crippen LogP contribution in [0.25, 0.3) is 11.3 Å². The minimum atomic E-state index is -0.454. The molecule has 0 amide bonds. The fourth-order valence-corrected chi connectivity index (χ4v) is 3.16. The molecule has 9 heteroatoms. The molecule has 0 spiro atoms. The van der Waals surface area contributed by atoms with Gasteiger partial charge in [-0.3, -0.25) is 13.9 Å². The number of nitrogen functional groups attached to an aromatic ring is 1. The molecule has 3 aromatic heterocycles. The van der Waals surface area contributed by atoms with Crippen LogP contribution in [0.15, 0.2) is 39.4 Å². The molecule has 0 unspecified atom stereocenters. The van der Waals surface area contributed by atoms with E-state index in [1.807, 2.05) is 25.1 Å². The van der Waals surface area contributed by atoms with Gasteiger partial charge in [0.2, 0.25) is 0 Å². The first-order chi connectivity index (χ1) is 12.0. The van der Waals surface area contributed by atoms with Crippen LogP contribution in [0.5, 0.6) is 0 Å². The highest BCUT2D eigenvalue weighted by atomic mass is 32.1. The normalized spacial score (nSPS) is 10.8. The van der Waals surface area contributed by atoms with Gasteiger partial charge in [-0.15, -0.1) is 11.3 Å². The minimum absolute atomic E-state index is 0.143. The van der Waals surface area contributed by atoms with Crippen LogP contribution < -0.4 is 22.3 Å². The first-order valence-electron chi connectivity index (χ1n) is 7.76. The van der Waals surface area contributed by atoms with Crippen molar-refractivity contribution in [1.82, 2.24) is 19.1 Å². The molecule has 3 aromatic rings. The van der Waals surface area contributed by atoms with Gasteiger partial charge in [0, 0.05) is 25.2 Å². The Hall–Kier alpha value is -2.94. The lowest BCUT2D eigenvalue weighted by Gasteiger charge is -2.13. The van der Waals surface area contributed by atoms with Crippen molar-refractivity contribution in [3.63, 3.8) is 0 Å². The van der Waals surface area contributed by atoms with E-state index in [9.17, 15) is 9.59 Å². The number of nitrogens with two attached hydrogens (primary N) is 1. The second-order valence-electron chi connectivity index (χ2n) is 5.44. The van der Waals surface area contributed by atoms with Crippen molar-refractivity contribution >= 4 is 28.1 Å². The van der Waals surface area contributed by atoms with Crippen molar-refractivity contribution in [3.05, 3.63) is 50.6 Å². The molecule has 3 rings (SSSR count). The Morgan fingerprint density at radius 1 is 1.32 bits per heavy atom. The van der Waals surface area contributed by atoms with Crippen molar-refractivity contribution in [1.29, 1.82) is 0 Å². The lowest BCUT2D eigenvalue weighted by molar-refractivity contribution is 0.600. The maximum atomic E-state index is 12.5. The predicted octanol–water partition coefficient (Wildman–Crippen LogP) is 1.80. The summed E-state index contributed by atoms with van der Waals surface area (Å²) in [5.41, 5.74) is 5.91. The largest absolute Gasteiger partial charge is 0.384 e. The van der Waals surface area contributed by atoms with E-state index >= 15 is 0 Å². The number of hydrogen-bond donors (Lipinski definition) is 2. The Kier molecular flexibility index (Phi) is 4.66. The number of aromatic nitrogens is 4. The van der Waals surface area contributed by atoms with E-state index < -0.39 is 11.2 Å². The molecule has 0 radical (unpaired) electrons. The fraction of sp³-hybridized carbons (Fsp3) is 0.250. The van der Waals surface area contributed by atoms with Crippen LogP contribution in [0.3, 0.4) is 0 Å². The third kappa shape index (κ3) is 3.18. The third-order valence-electron chi connectivity index (χ3n) is 3.69. The van der Waals surface area contributed by atoms with Gasteiger partial charge in [-0.1, -0.05) is 13.0 Å². The summed E-state index contributed by atoms with van der Waals surface area (Å²) < 4.78 is 2.47. The summed E-state index contributed by atoms with van der Waals surface area (Å²) in [4.78, 5) is 33.4. The number of hydrogen-bond acceptors (Lipinski definition) is 7. The molecule has 8 nitrogen and oxygen atoms in total. The van der Waals surface area contributed by atoms with Crippen molar-refractivity contribution in [2.24, 2.45) is 7.05 Å². The zero-order valence-corrected chi connectivity index (χ0v) is 14.7. The summed E-state index contributed by atoms with van der Waals surface area (Å²) in [6, 6.07) is 5.49. The Balaban J connectivity index is 2.05. The van der Waals surface area contributed by atoms with Crippen LogP contribution in [0.2, 0.25) is 0 Å². The summed E-state index contributed by atoms with van der Waals surface area (Å²) in [7, 11) is 1.44. The Morgan fingerprint density at radius 3 is 2.80 bits per heavy atom. The summed E-state index contributed by atoms with van der Waals surface area (Å²) >= 11 is 1.33. The Labute approximate surface area is 147 Å². The molecule has 0 bridgehead atoms. The number of anilines is 3. The number of nitrogens with one attached hydrogen (secondary N) is 1. The number of pyridine rings is 1. The molecule has 0 aliphatic carbocycles. The maximum Gasteiger partial charge on any atom is 0.332 e. The topological polar surface area (TPSA) is 108 Å². The van der Waals surface area contributed by atoms with Crippen molar-refractivity contribution in [2.45, 2.75) is 19.9 Å². The quantitative estimate of drug-likeness (QED) is 0.720. The average molecular weight is 358 g/mol. The van der Waals surface area contributed by atoms with E-state index in [0.29, 0.717) is 23.2 Å². The van der Waals surface area contributed by atoms with Crippen molar-refractivity contribution in [2.75, 3.05) is 11.1 Å². The first-order valence-corrected chi connectivity index (χ1v) is 8.64.